The molecule has 94 valence electrons. The maximum atomic E-state index is 8.44. The molecule has 15 heavy (non-hydrogen) atoms. The van der Waals surface area contributed by atoms with Crippen LogP contribution in [0.4, 0.5) is 0 Å². The van der Waals surface area contributed by atoms with E-state index in [1.807, 2.05) is 0 Å². The number of hydrogen-bond donors (Lipinski definition) is 4. The molecule has 0 bridgehead atoms. The van der Waals surface area contributed by atoms with Gasteiger partial charge in [0.1, 0.15) is 0 Å². The Labute approximate surface area is 116 Å². The van der Waals surface area contributed by atoms with Gasteiger partial charge in [-0.15, -0.1) is 11.4 Å². The van der Waals surface area contributed by atoms with E-state index in [-0.39, 0.29) is 55.5 Å². The minimum atomic E-state index is -3.11. The van der Waals surface area contributed by atoms with Crippen LogP contribution in [0.5, 0.6) is 0 Å². The Bertz CT molecular complexity index is 71.9. The van der Waals surface area contributed by atoms with Crippen molar-refractivity contribution in [3.63, 3.8) is 0 Å². The first-order chi connectivity index (χ1) is 5.97. The van der Waals surface area contributed by atoms with Crippen molar-refractivity contribution in [2.45, 2.75) is 20.8 Å². The monoisotopic (exact) mass is 259 g/mol. The van der Waals surface area contributed by atoms with Crippen LogP contribution in [0.25, 0.3) is 0 Å². The smallest absolute Gasteiger partial charge is 0.784 e. The summed E-state index contributed by atoms with van der Waals surface area (Å²) in [5.74, 6) is 0. The Morgan fingerprint density at radius 1 is 0.933 bits per heavy atom. The molecule has 7 N–H and O–H groups in total. The second kappa shape index (κ2) is 60.4. The Kier molecular flexibility index (Phi) is 145. The fourth-order valence-corrected chi connectivity index (χ4v) is 0. The molecule has 0 aromatic carbocycles. The predicted octanol–water partition coefficient (Wildman–Crippen LogP) is -3.63. The zero-order chi connectivity index (χ0) is 11.7. The van der Waals surface area contributed by atoms with Crippen LogP contribution in [0.2, 0.25) is 0 Å². The van der Waals surface area contributed by atoms with Crippen LogP contribution in [0, 0.1) is 0 Å². The fourth-order valence-electron chi connectivity index (χ4n) is 0. The molecule has 0 aromatic heterocycles. The Morgan fingerprint density at radius 3 is 0.933 bits per heavy atom. The van der Waals surface area contributed by atoms with Crippen molar-refractivity contribution in [2.75, 3.05) is 19.8 Å². The summed E-state index contributed by atoms with van der Waals surface area (Å²) in [7, 11) is 0. The molecule has 0 rings (SSSR count). The first kappa shape index (κ1) is 36.0. The van der Waals surface area contributed by atoms with Gasteiger partial charge >= 0.3 is 29.6 Å². The fraction of sp³-hybridized carbons (Fsp3) is 1.00. The van der Waals surface area contributed by atoms with Gasteiger partial charge in [-0.1, -0.05) is 0 Å². The van der Waals surface area contributed by atoms with Gasteiger partial charge in [-0.2, -0.15) is 0 Å². The van der Waals surface area contributed by atoms with E-state index in [2.05, 4.69) is 0 Å². The minimum absolute atomic E-state index is 0. The Morgan fingerprint density at radius 2 is 0.933 bits per heavy atom. The van der Waals surface area contributed by atoms with Gasteiger partial charge in [-0.25, -0.2) is 0 Å². The molecule has 0 unspecified atom stereocenters. The molecule has 0 fully saturated rings. The maximum absolute atomic E-state index is 8.44. The summed E-state index contributed by atoms with van der Waals surface area (Å²) in [5, 5.41) is 22.7. The second-order valence-corrected chi connectivity index (χ2v) is 1.56. The standard InChI is InChI=1S/3C2H6O.H3N.Na.H2O3S/c3*1-2-3;;;1-4(2)3/h3*3H,2H2,1H3;1H3;;(H2,1,2,3)/q;;;;+1;/p-1. The van der Waals surface area contributed by atoms with Crippen molar-refractivity contribution in [3.8, 4) is 0 Å². The third-order valence-corrected chi connectivity index (χ3v) is 0. The van der Waals surface area contributed by atoms with Crippen molar-refractivity contribution in [1.82, 2.24) is 6.15 Å². The predicted molar refractivity (Wildman–Crippen MR) is 54.0 cm³/mol. The van der Waals surface area contributed by atoms with Gasteiger partial charge in [0, 0.05) is 19.8 Å². The minimum Gasteiger partial charge on any atom is -0.784 e. The molecule has 9 heteroatoms. The largest absolute Gasteiger partial charge is 1.00 e. The van der Waals surface area contributed by atoms with Crippen LogP contribution in [0.1, 0.15) is 20.8 Å². The quantitative estimate of drug-likeness (QED) is 0.259. The molecule has 0 aliphatic rings. The van der Waals surface area contributed by atoms with Crippen LogP contribution < -0.4 is 35.7 Å². The molecular weight excluding hydrogens is 237 g/mol. The number of rotatable bonds is 0. The zero-order valence-electron chi connectivity index (χ0n) is 10.1. The molecule has 0 radical (unpaired) electrons. The van der Waals surface area contributed by atoms with Gasteiger partial charge in [-0.05, 0) is 20.8 Å². The van der Waals surface area contributed by atoms with E-state index >= 15 is 0 Å². The first-order valence-electron chi connectivity index (χ1n) is 3.57. The summed E-state index contributed by atoms with van der Waals surface area (Å²) in [6, 6.07) is 0. The van der Waals surface area contributed by atoms with Crippen LogP contribution in [0.15, 0.2) is 0 Å². The molecule has 0 aromatic rings. The summed E-state index contributed by atoms with van der Waals surface area (Å²) in [6.45, 7) is 5.79. The molecule has 0 saturated carbocycles. The Balaban J connectivity index is -0.0000000174. The second-order valence-electron chi connectivity index (χ2n) is 1.15. The van der Waals surface area contributed by atoms with Crippen molar-refractivity contribution in [1.29, 1.82) is 0 Å². The van der Waals surface area contributed by atoms with Crippen LogP contribution in [0.3, 0.4) is 0 Å². The third kappa shape index (κ3) is 3000. The average molecular weight is 259 g/mol. The number of aliphatic hydroxyl groups excluding tert-OH is 3. The summed E-state index contributed by atoms with van der Waals surface area (Å²) >= 11 is -3.11. The van der Waals surface area contributed by atoms with Crippen molar-refractivity contribution in [2.24, 2.45) is 0 Å². The van der Waals surface area contributed by atoms with Gasteiger partial charge in [0.2, 0.25) is 0 Å². The van der Waals surface area contributed by atoms with E-state index < -0.39 is 11.4 Å². The van der Waals surface area contributed by atoms with Crippen LogP contribution >= 0.6 is 0 Å². The van der Waals surface area contributed by atoms with Gasteiger partial charge in [0.15, 0.2) is 0 Å². The molecular formula is C6H22NNaO6S. The van der Waals surface area contributed by atoms with Crippen LogP contribution in [-0.4, -0.2) is 48.5 Å². The Hall–Kier alpha value is 0.910. The van der Waals surface area contributed by atoms with Gasteiger partial charge in [0.25, 0.3) is 0 Å². The van der Waals surface area contributed by atoms with E-state index in [1.165, 1.54) is 0 Å². The zero-order valence-corrected chi connectivity index (χ0v) is 12.9. The summed E-state index contributed by atoms with van der Waals surface area (Å²) in [6.07, 6.45) is 0. The molecule has 0 atom stereocenters. The van der Waals surface area contributed by atoms with E-state index in [0.29, 0.717) is 0 Å². The summed E-state index contributed by atoms with van der Waals surface area (Å²) in [5.41, 5.74) is 0. The van der Waals surface area contributed by atoms with Crippen molar-refractivity contribution >= 4 is 11.4 Å². The van der Waals surface area contributed by atoms with Gasteiger partial charge in [0.05, 0.1) is 0 Å². The van der Waals surface area contributed by atoms with E-state index in [9.17, 15) is 0 Å². The normalized spacial score (nSPS) is 5.93. The third-order valence-electron chi connectivity index (χ3n) is 0. The van der Waals surface area contributed by atoms with Crippen molar-refractivity contribution in [3.05, 3.63) is 0 Å². The SMILES string of the molecule is CCO.CCO.CCO.O=S([O-])[O-].[NH4+].[Na+]. The molecule has 0 amide bonds. The van der Waals surface area contributed by atoms with Gasteiger partial charge < -0.3 is 30.6 Å². The molecule has 0 spiro atoms. The molecule has 0 heterocycles. The average Bonchev–Trinajstić information content (AvgIpc) is 1.88. The molecule has 0 aliphatic heterocycles. The van der Waals surface area contributed by atoms with Crippen molar-refractivity contribution < 1.29 is 58.2 Å². The van der Waals surface area contributed by atoms with E-state index in [0.717, 1.165) is 0 Å². The summed E-state index contributed by atoms with van der Waals surface area (Å²) in [4.78, 5) is 0. The topological polar surface area (TPSA) is 160 Å². The number of quaternary nitrogens is 1. The molecule has 7 nitrogen and oxygen atoms in total. The maximum Gasteiger partial charge on any atom is 1.00 e. The van der Waals surface area contributed by atoms with E-state index in [4.69, 9.17) is 28.6 Å². The number of hydrogen-bond acceptors (Lipinski definition) is 6. The van der Waals surface area contributed by atoms with Crippen LogP contribution in [-0.2, 0) is 11.4 Å². The van der Waals surface area contributed by atoms with Gasteiger partial charge in [-0.3, -0.25) is 4.21 Å². The molecule has 0 saturated heterocycles. The summed E-state index contributed by atoms with van der Waals surface area (Å²) < 4.78 is 25.3. The first-order valence-corrected chi connectivity index (χ1v) is 4.57. The molecule has 0 aliphatic carbocycles. The number of aliphatic hydroxyl groups is 3. The van der Waals surface area contributed by atoms with E-state index in [1.54, 1.807) is 20.8 Å².